The molecule has 0 unspecified atom stereocenters. The number of hydrogen-bond donors (Lipinski definition) is 2. The second kappa shape index (κ2) is 5.54. The van der Waals surface area contributed by atoms with Crippen LogP contribution in [0.2, 0.25) is 5.28 Å². The highest BCUT2D eigenvalue weighted by atomic mass is 35.5. The van der Waals surface area contributed by atoms with Crippen LogP contribution in [0.1, 0.15) is 12.5 Å². The molecule has 104 valence electrons. The first-order valence-electron chi connectivity index (χ1n) is 6.55. The monoisotopic (exact) mass is 290 g/mol. The van der Waals surface area contributed by atoms with Gasteiger partial charge in [-0.2, -0.15) is 0 Å². The van der Waals surface area contributed by atoms with Crippen LogP contribution in [0.25, 0.3) is 0 Å². The number of rotatable bonds is 3. The highest BCUT2D eigenvalue weighted by molar-refractivity contribution is 6.28. The van der Waals surface area contributed by atoms with E-state index in [0.29, 0.717) is 6.61 Å². The zero-order valence-corrected chi connectivity index (χ0v) is 11.9. The molecule has 0 amide bonds. The Morgan fingerprint density at radius 2 is 2.35 bits per heavy atom. The van der Waals surface area contributed by atoms with Crippen molar-refractivity contribution in [2.24, 2.45) is 0 Å². The summed E-state index contributed by atoms with van der Waals surface area (Å²) in [6.45, 7) is 3.57. The number of aromatic nitrogens is 2. The van der Waals surface area contributed by atoms with E-state index in [1.165, 1.54) is 0 Å². The molecule has 1 aromatic heterocycles. The minimum absolute atomic E-state index is 0.240. The summed E-state index contributed by atoms with van der Waals surface area (Å²) in [6, 6.07) is 5.91. The van der Waals surface area contributed by atoms with Crippen molar-refractivity contribution in [2.75, 3.05) is 23.8 Å². The zero-order chi connectivity index (χ0) is 13.9. The maximum atomic E-state index is 5.86. The fourth-order valence-corrected chi connectivity index (χ4v) is 2.24. The number of halogens is 1. The molecule has 1 aliphatic rings. The van der Waals surface area contributed by atoms with Crippen molar-refractivity contribution in [2.45, 2.75) is 13.3 Å². The van der Waals surface area contributed by atoms with Crippen LogP contribution in [0.3, 0.4) is 0 Å². The van der Waals surface area contributed by atoms with Crippen molar-refractivity contribution in [1.29, 1.82) is 0 Å². The van der Waals surface area contributed by atoms with Crippen LogP contribution in [-0.2, 0) is 6.42 Å². The fourth-order valence-electron chi connectivity index (χ4n) is 2.11. The topological polar surface area (TPSA) is 59.1 Å². The zero-order valence-electron chi connectivity index (χ0n) is 11.1. The molecule has 2 heterocycles. The number of benzene rings is 1. The minimum atomic E-state index is 0.240. The van der Waals surface area contributed by atoms with Crippen LogP contribution in [0.4, 0.5) is 17.2 Å². The van der Waals surface area contributed by atoms with Crippen molar-refractivity contribution in [3.8, 4) is 5.75 Å². The molecule has 1 aromatic carbocycles. The van der Waals surface area contributed by atoms with E-state index in [0.717, 1.165) is 41.5 Å². The molecule has 0 spiro atoms. The van der Waals surface area contributed by atoms with Crippen LogP contribution >= 0.6 is 11.6 Å². The van der Waals surface area contributed by atoms with E-state index < -0.39 is 0 Å². The summed E-state index contributed by atoms with van der Waals surface area (Å²) in [5.74, 6) is 1.61. The molecule has 5 nitrogen and oxygen atoms in total. The fraction of sp³-hybridized carbons (Fsp3) is 0.286. The van der Waals surface area contributed by atoms with E-state index in [4.69, 9.17) is 16.3 Å². The van der Waals surface area contributed by atoms with Gasteiger partial charge in [-0.05, 0) is 36.2 Å². The van der Waals surface area contributed by atoms with Crippen LogP contribution in [0, 0.1) is 0 Å². The maximum Gasteiger partial charge on any atom is 0.224 e. The Bertz CT molecular complexity index is 633. The largest absolute Gasteiger partial charge is 0.490 e. The maximum absolute atomic E-state index is 5.86. The average molecular weight is 291 g/mol. The lowest BCUT2D eigenvalue weighted by molar-refractivity contribution is 0.323. The lowest BCUT2D eigenvalue weighted by atomic mass is 10.2. The third-order valence-corrected chi connectivity index (χ3v) is 3.32. The highest BCUT2D eigenvalue weighted by Gasteiger charge is 2.11. The molecule has 20 heavy (non-hydrogen) atoms. The number of fused-ring (bicyclic) bond motifs is 1. The van der Waals surface area contributed by atoms with Gasteiger partial charge in [-0.1, -0.05) is 6.92 Å². The molecule has 0 fully saturated rings. The smallest absolute Gasteiger partial charge is 0.224 e. The number of hydrogen-bond acceptors (Lipinski definition) is 5. The molecule has 2 aromatic rings. The van der Waals surface area contributed by atoms with Crippen LogP contribution in [0.5, 0.6) is 5.75 Å². The molecule has 2 N–H and O–H groups in total. The molecule has 0 bridgehead atoms. The van der Waals surface area contributed by atoms with Gasteiger partial charge in [0, 0.05) is 24.0 Å². The Morgan fingerprint density at radius 3 is 3.20 bits per heavy atom. The molecule has 6 heteroatoms. The minimum Gasteiger partial charge on any atom is -0.490 e. The van der Waals surface area contributed by atoms with Crippen LogP contribution in [-0.4, -0.2) is 23.1 Å². The number of ether oxygens (including phenoxy) is 1. The lowest BCUT2D eigenvalue weighted by Crippen LogP contribution is -2.17. The summed E-state index contributed by atoms with van der Waals surface area (Å²) in [7, 11) is 0. The molecule has 0 radical (unpaired) electrons. The molecular formula is C14H15ClN4O. The van der Waals surface area contributed by atoms with Gasteiger partial charge in [0.05, 0.1) is 5.69 Å². The first-order valence-corrected chi connectivity index (χ1v) is 6.93. The Labute approximate surface area is 122 Å². The predicted molar refractivity (Wildman–Crippen MR) is 80.1 cm³/mol. The van der Waals surface area contributed by atoms with Crippen molar-refractivity contribution in [3.63, 3.8) is 0 Å². The van der Waals surface area contributed by atoms with E-state index in [1.54, 1.807) is 6.20 Å². The first kappa shape index (κ1) is 13.0. The number of aryl methyl sites for hydroxylation is 1. The standard InChI is InChI=1S/C14H15ClN4O/c1-2-9-8-17-14(15)19-13(9)18-10-3-4-12-11(7-10)16-5-6-20-12/h3-4,7-8,16H,2,5-6H2,1H3,(H,17,18,19). The number of nitrogens with one attached hydrogen (secondary N) is 2. The van der Waals surface area contributed by atoms with Crippen molar-refractivity contribution < 1.29 is 4.74 Å². The van der Waals surface area contributed by atoms with Crippen molar-refractivity contribution in [3.05, 3.63) is 35.2 Å². The van der Waals surface area contributed by atoms with E-state index >= 15 is 0 Å². The molecule has 0 saturated heterocycles. The molecule has 0 atom stereocenters. The third-order valence-electron chi connectivity index (χ3n) is 3.13. The van der Waals surface area contributed by atoms with Gasteiger partial charge in [0.25, 0.3) is 0 Å². The van der Waals surface area contributed by atoms with Gasteiger partial charge in [-0.3, -0.25) is 0 Å². The number of nitrogens with zero attached hydrogens (tertiary/aromatic N) is 2. The average Bonchev–Trinajstić information content (AvgIpc) is 2.47. The van der Waals surface area contributed by atoms with E-state index in [1.807, 2.05) is 18.2 Å². The first-order chi connectivity index (χ1) is 9.76. The lowest BCUT2D eigenvalue weighted by Gasteiger charge is -2.20. The summed E-state index contributed by atoms with van der Waals surface area (Å²) in [6.07, 6.45) is 2.59. The Morgan fingerprint density at radius 1 is 1.45 bits per heavy atom. The Kier molecular flexibility index (Phi) is 3.60. The van der Waals surface area contributed by atoms with E-state index in [9.17, 15) is 0 Å². The number of anilines is 3. The van der Waals surface area contributed by atoms with Gasteiger partial charge in [-0.15, -0.1) is 0 Å². The van der Waals surface area contributed by atoms with E-state index in [2.05, 4.69) is 27.5 Å². The summed E-state index contributed by atoms with van der Waals surface area (Å²) in [5.41, 5.74) is 2.95. The summed E-state index contributed by atoms with van der Waals surface area (Å²) in [4.78, 5) is 8.25. The van der Waals surface area contributed by atoms with Crippen molar-refractivity contribution >= 4 is 28.8 Å². The molecular weight excluding hydrogens is 276 g/mol. The van der Waals surface area contributed by atoms with Crippen LogP contribution in [0.15, 0.2) is 24.4 Å². The molecule has 3 rings (SSSR count). The summed E-state index contributed by atoms with van der Waals surface area (Å²) < 4.78 is 5.56. The van der Waals surface area contributed by atoms with Gasteiger partial charge in [-0.25, -0.2) is 9.97 Å². The second-order valence-electron chi connectivity index (χ2n) is 4.48. The molecule has 0 saturated carbocycles. The van der Waals surface area contributed by atoms with Gasteiger partial charge in [0.2, 0.25) is 5.28 Å². The second-order valence-corrected chi connectivity index (χ2v) is 4.82. The summed E-state index contributed by atoms with van der Waals surface area (Å²) >= 11 is 5.86. The summed E-state index contributed by atoms with van der Waals surface area (Å²) in [5, 5.41) is 6.83. The van der Waals surface area contributed by atoms with Gasteiger partial charge < -0.3 is 15.4 Å². The van der Waals surface area contributed by atoms with Gasteiger partial charge in [0.15, 0.2) is 0 Å². The van der Waals surface area contributed by atoms with Crippen LogP contribution < -0.4 is 15.4 Å². The molecule has 0 aliphatic carbocycles. The predicted octanol–water partition coefficient (Wildman–Crippen LogP) is 3.24. The van der Waals surface area contributed by atoms with Crippen molar-refractivity contribution in [1.82, 2.24) is 9.97 Å². The quantitative estimate of drug-likeness (QED) is 0.850. The Balaban J connectivity index is 1.89. The van der Waals surface area contributed by atoms with Gasteiger partial charge in [0.1, 0.15) is 18.2 Å². The van der Waals surface area contributed by atoms with E-state index in [-0.39, 0.29) is 5.28 Å². The molecule has 1 aliphatic heterocycles. The van der Waals surface area contributed by atoms with Gasteiger partial charge >= 0.3 is 0 Å². The highest BCUT2D eigenvalue weighted by Crippen LogP contribution is 2.31. The Hall–Kier alpha value is -2.01. The normalized spacial score (nSPS) is 13.1. The SMILES string of the molecule is CCc1cnc(Cl)nc1Nc1ccc2c(c1)NCCO2. The third kappa shape index (κ3) is 2.63.